The summed E-state index contributed by atoms with van der Waals surface area (Å²) in [6, 6.07) is 0.0515. The van der Waals surface area contributed by atoms with E-state index in [1.54, 1.807) is 0 Å². The Morgan fingerprint density at radius 2 is 1.45 bits per heavy atom. The van der Waals surface area contributed by atoms with E-state index in [-0.39, 0.29) is 24.8 Å². The Morgan fingerprint density at radius 1 is 0.903 bits per heavy atom. The van der Waals surface area contributed by atoms with Crippen molar-refractivity contribution >= 4 is 12.1 Å². The topological polar surface area (TPSA) is 79.8 Å². The first-order valence-corrected chi connectivity index (χ1v) is 12.1. The van der Waals surface area contributed by atoms with Crippen LogP contribution in [-0.4, -0.2) is 132 Å². The molecule has 3 aliphatic rings. The molecule has 9 heteroatoms. The molecule has 3 aliphatic heterocycles. The van der Waals surface area contributed by atoms with Gasteiger partial charge < -0.3 is 29.4 Å². The van der Waals surface area contributed by atoms with Crippen LogP contribution in [-0.2, 0) is 9.53 Å². The van der Waals surface area contributed by atoms with Crippen LogP contribution < -0.4 is 0 Å². The summed E-state index contributed by atoms with van der Waals surface area (Å²) in [7, 11) is 0. The zero-order valence-electron chi connectivity index (χ0n) is 19.4. The maximum Gasteiger partial charge on any atom is 0.411 e. The lowest BCUT2D eigenvalue weighted by molar-refractivity contribution is -0.137. The van der Waals surface area contributed by atoms with Crippen molar-refractivity contribution in [1.29, 1.82) is 0 Å². The number of nitrogens with zero attached hydrogens (tertiary/aromatic N) is 5. The molecule has 3 heterocycles. The lowest BCUT2D eigenvalue weighted by Crippen LogP contribution is -2.53. The zero-order chi connectivity index (χ0) is 22.2. The summed E-state index contributed by atoms with van der Waals surface area (Å²) < 4.78 is 5.73. The van der Waals surface area contributed by atoms with Crippen LogP contribution in [0.1, 0.15) is 39.5 Å². The van der Waals surface area contributed by atoms with Crippen molar-refractivity contribution in [1.82, 2.24) is 24.5 Å². The molecule has 0 spiro atoms. The van der Waals surface area contributed by atoms with Crippen molar-refractivity contribution in [2.24, 2.45) is 0 Å². The number of piperazine rings is 2. The molecule has 0 saturated carbocycles. The van der Waals surface area contributed by atoms with Crippen LogP contribution >= 0.6 is 0 Å². The molecule has 3 saturated heterocycles. The van der Waals surface area contributed by atoms with Crippen molar-refractivity contribution in [3.8, 4) is 0 Å². The van der Waals surface area contributed by atoms with E-state index in [0.29, 0.717) is 6.54 Å². The van der Waals surface area contributed by atoms with Gasteiger partial charge in [0.25, 0.3) is 0 Å². The maximum absolute atomic E-state index is 12.5. The number of carboxylic acids is 1. The van der Waals surface area contributed by atoms with Gasteiger partial charge in [-0.3, -0.25) is 9.69 Å². The summed E-state index contributed by atoms with van der Waals surface area (Å²) in [6.07, 6.45) is 3.13. The zero-order valence-corrected chi connectivity index (χ0v) is 19.4. The Labute approximate surface area is 186 Å². The highest BCUT2D eigenvalue weighted by Crippen LogP contribution is 2.24. The number of rotatable bonds is 11. The van der Waals surface area contributed by atoms with Gasteiger partial charge in [0.1, 0.15) is 0 Å². The van der Waals surface area contributed by atoms with E-state index in [2.05, 4.69) is 33.4 Å². The molecule has 0 aromatic rings. The minimum Gasteiger partial charge on any atom is -0.481 e. The molecule has 0 aromatic heterocycles. The van der Waals surface area contributed by atoms with Crippen LogP contribution in [0.4, 0.5) is 4.79 Å². The summed E-state index contributed by atoms with van der Waals surface area (Å²) in [5.74, 6) is -0.754. The third-order valence-electron chi connectivity index (χ3n) is 6.90. The van der Waals surface area contributed by atoms with Gasteiger partial charge in [0.05, 0.1) is 12.5 Å². The average molecular weight is 440 g/mol. The monoisotopic (exact) mass is 439 g/mol. The molecule has 0 aliphatic carbocycles. The molecule has 2 atom stereocenters. The predicted octanol–water partition coefficient (Wildman–Crippen LogP) is 1.05. The summed E-state index contributed by atoms with van der Waals surface area (Å²) in [4.78, 5) is 34.6. The van der Waals surface area contributed by atoms with Gasteiger partial charge >= 0.3 is 12.1 Å². The Bertz CT molecular complexity index is 576. The number of carbonyl (C=O) groups is 2. The van der Waals surface area contributed by atoms with Crippen molar-refractivity contribution in [3.05, 3.63) is 0 Å². The second kappa shape index (κ2) is 12.0. The van der Waals surface area contributed by atoms with Gasteiger partial charge in [0.15, 0.2) is 6.23 Å². The smallest absolute Gasteiger partial charge is 0.411 e. The second-order valence-corrected chi connectivity index (χ2v) is 9.12. The number of cyclic esters (lactones) is 1. The van der Waals surface area contributed by atoms with E-state index in [9.17, 15) is 9.59 Å². The Balaban J connectivity index is 1.33. The van der Waals surface area contributed by atoms with Crippen LogP contribution in [0.3, 0.4) is 0 Å². The molecule has 0 aromatic carbocycles. The fourth-order valence-electron chi connectivity index (χ4n) is 4.93. The van der Waals surface area contributed by atoms with Gasteiger partial charge in [-0.15, -0.1) is 0 Å². The van der Waals surface area contributed by atoms with Crippen LogP contribution in [0, 0.1) is 0 Å². The average Bonchev–Trinajstić information content (AvgIpc) is 3.05. The van der Waals surface area contributed by atoms with E-state index >= 15 is 0 Å². The molecule has 2 unspecified atom stereocenters. The second-order valence-electron chi connectivity index (χ2n) is 9.12. The molecule has 9 nitrogen and oxygen atoms in total. The molecule has 1 amide bonds. The predicted molar refractivity (Wildman–Crippen MR) is 119 cm³/mol. The van der Waals surface area contributed by atoms with E-state index in [1.807, 2.05) is 4.90 Å². The number of carboxylic acid groups (broad SMARTS) is 1. The molecule has 31 heavy (non-hydrogen) atoms. The normalized spacial score (nSPS) is 27.0. The number of carbonyl (C=O) groups excluding carboxylic acids is 1. The summed E-state index contributed by atoms with van der Waals surface area (Å²) in [5, 5.41) is 8.85. The first kappa shape index (κ1) is 24.2. The number of amides is 1. The van der Waals surface area contributed by atoms with Gasteiger partial charge in [0.2, 0.25) is 0 Å². The summed E-state index contributed by atoms with van der Waals surface area (Å²) >= 11 is 0. The lowest BCUT2D eigenvalue weighted by Gasteiger charge is -2.38. The quantitative estimate of drug-likeness (QED) is 0.479. The summed E-state index contributed by atoms with van der Waals surface area (Å²) in [5.41, 5.74) is 0. The van der Waals surface area contributed by atoms with Crippen molar-refractivity contribution in [2.45, 2.75) is 51.8 Å². The largest absolute Gasteiger partial charge is 0.481 e. The molecule has 1 N–H and O–H groups in total. The number of ether oxygens (including phenoxy) is 1. The fourth-order valence-corrected chi connectivity index (χ4v) is 4.93. The maximum atomic E-state index is 12.5. The molecular formula is C22H41N5O4. The SMILES string of the molecule is CCCN1CCN(CCCCN2C(=O)OC(N3CCN(CCC(=O)O)CC3)C2C)CC1. The third-order valence-corrected chi connectivity index (χ3v) is 6.90. The van der Waals surface area contributed by atoms with Crippen molar-refractivity contribution in [2.75, 3.05) is 78.5 Å². The van der Waals surface area contributed by atoms with Crippen LogP contribution in [0.25, 0.3) is 0 Å². The molecule has 0 bridgehead atoms. The third kappa shape index (κ3) is 7.03. The first-order chi connectivity index (χ1) is 15.0. The Morgan fingerprint density at radius 3 is 2.06 bits per heavy atom. The number of unbranched alkanes of at least 4 members (excludes halogenated alkanes) is 1. The molecular weight excluding hydrogens is 398 g/mol. The molecule has 3 rings (SSSR count). The van der Waals surface area contributed by atoms with Crippen LogP contribution in [0.5, 0.6) is 0 Å². The van der Waals surface area contributed by atoms with Crippen LogP contribution in [0.15, 0.2) is 0 Å². The van der Waals surface area contributed by atoms with Crippen molar-refractivity contribution in [3.63, 3.8) is 0 Å². The van der Waals surface area contributed by atoms with Crippen molar-refractivity contribution < 1.29 is 19.4 Å². The highest BCUT2D eigenvalue weighted by molar-refractivity contribution is 5.70. The highest BCUT2D eigenvalue weighted by Gasteiger charge is 2.42. The van der Waals surface area contributed by atoms with Gasteiger partial charge in [-0.1, -0.05) is 6.92 Å². The standard InChI is InChI=1S/C22H41N5O4/c1-3-7-23-11-13-24(14-12-23)8-4-5-9-27-19(2)21(31-22(27)30)26-17-15-25(16-18-26)10-6-20(28)29/h19,21H,3-18H2,1-2H3,(H,28,29). The van der Waals surface area contributed by atoms with Crippen LogP contribution in [0.2, 0.25) is 0 Å². The molecule has 0 radical (unpaired) electrons. The number of hydrogen-bond acceptors (Lipinski definition) is 7. The van der Waals surface area contributed by atoms with E-state index in [4.69, 9.17) is 9.84 Å². The fraction of sp³-hybridized carbons (Fsp3) is 0.909. The van der Waals surface area contributed by atoms with E-state index < -0.39 is 5.97 Å². The summed E-state index contributed by atoms with van der Waals surface area (Å²) in [6.45, 7) is 15.9. The molecule has 178 valence electrons. The Kier molecular flexibility index (Phi) is 9.37. The van der Waals surface area contributed by atoms with Gasteiger partial charge in [0, 0.05) is 65.4 Å². The number of hydrogen-bond donors (Lipinski definition) is 1. The van der Waals surface area contributed by atoms with E-state index in [1.165, 1.54) is 26.1 Å². The van der Waals surface area contributed by atoms with E-state index in [0.717, 1.165) is 65.2 Å². The van der Waals surface area contributed by atoms with Gasteiger partial charge in [-0.2, -0.15) is 0 Å². The first-order valence-electron chi connectivity index (χ1n) is 12.1. The minimum absolute atomic E-state index is 0.0515. The molecule has 3 fully saturated rings. The van der Waals surface area contributed by atoms with Gasteiger partial charge in [-0.25, -0.2) is 4.79 Å². The minimum atomic E-state index is -0.754. The van der Waals surface area contributed by atoms with Gasteiger partial charge in [-0.05, 0) is 39.3 Å². The number of aliphatic carboxylic acids is 1. The Hall–Kier alpha value is -1.42. The lowest BCUT2D eigenvalue weighted by atomic mass is 10.2. The highest BCUT2D eigenvalue weighted by atomic mass is 16.6.